The number of hydrogen-bond donors (Lipinski definition) is 4. The second-order valence-corrected chi connectivity index (χ2v) is 10.6. The van der Waals surface area contributed by atoms with Gasteiger partial charge in [0.2, 0.25) is 11.9 Å². The fraction of sp³-hybridized carbons (Fsp3) is 0.367. The Bertz CT molecular complexity index is 1430. The highest BCUT2D eigenvalue weighted by Gasteiger charge is 2.19. The second-order valence-electron chi connectivity index (χ2n) is 10.2. The Morgan fingerprint density at radius 1 is 1.12 bits per heavy atom. The van der Waals surface area contributed by atoms with Gasteiger partial charge in [0.15, 0.2) is 5.82 Å². The SMILES string of the molecule is C=CC(=O)Nc1cc(Nc2ncc(Cl)c(Nc3ccc(C4CNCCO4)cc3OC)n2)c(OC)cc1N(C)CCN(C)C. The minimum atomic E-state index is -0.334. The van der Waals surface area contributed by atoms with E-state index in [1.807, 2.05) is 50.3 Å². The summed E-state index contributed by atoms with van der Waals surface area (Å²) >= 11 is 6.49. The maximum atomic E-state index is 12.3. The van der Waals surface area contributed by atoms with Crippen molar-refractivity contribution in [3.05, 3.63) is 59.8 Å². The number of rotatable bonds is 13. The van der Waals surface area contributed by atoms with Crippen LogP contribution in [0.3, 0.4) is 0 Å². The minimum Gasteiger partial charge on any atom is -0.495 e. The number of likely N-dealkylation sites (N-methyl/N-ethyl adjacent to an activating group) is 2. The smallest absolute Gasteiger partial charge is 0.247 e. The van der Waals surface area contributed by atoms with Crippen molar-refractivity contribution >= 4 is 52.0 Å². The van der Waals surface area contributed by atoms with Crippen molar-refractivity contribution in [2.75, 3.05) is 89.0 Å². The summed E-state index contributed by atoms with van der Waals surface area (Å²) < 4.78 is 17.2. The summed E-state index contributed by atoms with van der Waals surface area (Å²) in [6.07, 6.45) is 2.67. The predicted octanol–water partition coefficient (Wildman–Crippen LogP) is 4.42. The lowest BCUT2D eigenvalue weighted by atomic mass is 10.1. The summed E-state index contributed by atoms with van der Waals surface area (Å²) in [7, 11) is 9.15. The lowest BCUT2D eigenvalue weighted by Crippen LogP contribution is -2.33. The van der Waals surface area contributed by atoms with Crippen LogP contribution < -0.4 is 35.6 Å². The lowest BCUT2D eigenvalue weighted by molar-refractivity contribution is -0.111. The largest absolute Gasteiger partial charge is 0.495 e. The molecule has 2 heterocycles. The Labute approximate surface area is 257 Å². The van der Waals surface area contributed by atoms with Gasteiger partial charge in [-0.25, -0.2) is 4.98 Å². The number of nitrogens with zero attached hydrogens (tertiary/aromatic N) is 4. The normalized spacial score (nSPS) is 14.6. The maximum absolute atomic E-state index is 12.3. The summed E-state index contributed by atoms with van der Waals surface area (Å²) in [6.45, 7) is 7.35. The highest BCUT2D eigenvalue weighted by molar-refractivity contribution is 6.33. The van der Waals surface area contributed by atoms with E-state index in [0.29, 0.717) is 46.0 Å². The van der Waals surface area contributed by atoms with E-state index in [-0.39, 0.29) is 18.0 Å². The summed E-state index contributed by atoms with van der Waals surface area (Å²) in [4.78, 5) is 25.4. The topological polar surface area (TPSA) is 125 Å². The number of hydrogen-bond acceptors (Lipinski definition) is 11. The van der Waals surface area contributed by atoms with Crippen molar-refractivity contribution in [1.29, 1.82) is 0 Å². The molecule has 1 unspecified atom stereocenters. The van der Waals surface area contributed by atoms with Gasteiger partial charge in [-0.05, 0) is 43.9 Å². The van der Waals surface area contributed by atoms with Crippen LogP contribution in [0.25, 0.3) is 0 Å². The molecule has 1 atom stereocenters. The van der Waals surface area contributed by atoms with Crippen molar-refractivity contribution in [2.45, 2.75) is 6.10 Å². The number of aromatic nitrogens is 2. The monoisotopic (exact) mass is 610 g/mol. The molecule has 230 valence electrons. The number of morpholine rings is 1. The number of methoxy groups -OCH3 is 2. The van der Waals surface area contributed by atoms with E-state index in [4.69, 9.17) is 25.8 Å². The number of amides is 1. The first-order valence-corrected chi connectivity index (χ1v) is 14.2. The highest BCUT2D eigenvalue weighted by Crippen LogP contribution is 2.39. The summed E-state index contributed by atoms with van der Waals surface area (Å²) in [6, 6.07) is 9.45. The third kappa shape index (κ3) is 8.26. The van der Waals surface area contributed by atoms with Crippen LogP contribution in [0.1, 0.15) is 11.7 Å². The van der Waals surface area contributed by atoms with Gasteiger partial charge in [-0.15, -0.1) is 0 Å². The first kappa shape index (κ1) is 31.8. The van der Waals surface area contributed by atoms with E-state index >= 15 is 0 Å². The molecule has 2 aromatic carbocycles. The Kier molecular flexibility index (Phi) is 11.0. The molecule has 1 saturated heterocycles. The quantitative estimate of drug-likeness (QED) is 0.206. The molecule has 1 aliphatic heterocycles. The number of anilines is 6. The molecule has 0 saturated carbocycles. The van der Waals surface area contributed by atoms with Gasteiger partial charge in [0.05, 0.1) is 55.9 Å². The number of carbonyl (C=O) groups is 1. The van der Waals surface area contributed by atoms with E-state index in [9.17, 15) is 4.79 Å². The fourth-order valence-corrected chi connectivity index (χ4v) is 4.60. The van der Waals surface area contributed by atoms with Crippen LogP contribution in [0.5, 0.6) is 11.5 Å². The zero-order chi connectivity index (χ0) is 30.9. The van der Waals surface area contributed by atoms with Crippen LogP contribution in [-0.2, 0) is 9.53 Å². The first-order chi connectivity index (χ1) is 20.7. The lowest BCUT2D eigenvalue weighted by Gasteiger charge is -2.26. The molecule has 1 aliphatic rings. The van der Waals surface area contributed by atoms with Crippen molar-refractivity contribution < 1.29 is 19.0 Å². The van der Waals surface area contributed by atoms with Crippen LogP contribution in [0, 0.1) is 0 Å². The van der Waals surface area contributed by atoms with Crippen LogP contribution in [0.4, 0.5) is 34.5 Å². The van der Waals surface area contributed by atoms with Gasteiger partial charge < -0.3 is 45.3 Å². The number of halogens is 1. The molecule has 4 rings (SSSR count). The molecule has 0 aliphatic carbocycles. The third-order valence-electron chi connectivity index (χ3n) is 6.82. The Morgan fingerprint density at radius 2 is 1.88 bits per heavy atom. The fourth-order valence-electron chi connectivity index (χ4n) is 4.46. The van der Waals surface area contributed by atoms with E-state index in [0.717, 1.165) is 37.4 Å². The number of ether oxygens (including phenoxy) is 3. The number of benzene rings is 2. The molecule has 4 N–H and O–H groups in total. The molecule has 1 fully saturated rings. The minimum absolute atomic E-state index is 0.0505. The van der Waals surface area contributed by atoms with Crippen LogP contribution >= 0.6 is 11.6 Å². The van der Waals surface area contributed by atoms with Crippen LogP contribution in [-0.4, -0.2) is 88.9 Å². The molecular weight excluding hydrogens is 572 g/mol. The Balaban J connectivity index is 1.61. The van der Waals surface area contributed by atoms with Gasteiger partial charge in [0.1, 0.15) is 16.5 Å². The van der Waals surface area contributed by atoms with Gasteiger partial charge in [-0.2, -0.15) is 4.98 Å². The predicted molar refractivity (Wildman–Crippen MR) is 172 cm³/mol. The van der Waals surface area contributed by atoms with Gasteiger partial charge in [-0.3, -0.25) is 4.79 Å². The standard InChI is InChI=1S/C30H39ClN8O4/c1-7-28(40)34-22-15-23(26(42-6)16-24(22)39(4)12-11-38(2)3)36-30-33-17-20(31)29(37-30)35-21-9-8-19(14-25(21)41-5)27-18-32-10-13-43-27/h7-9,14-17,27,32H,1,10-13,18H2,2-6H3,(H,34,40)(H2,33,35,36,37). The number of nitrogens with one attached hydrogen (secondary N) is 4. The molecule has 13 heteroatoms. The molecular formula is C30H39ClN8O4. The van der Waals surface area contributed by atoms with Gasteiger partial charge in [-0.1, -0.05) is 24.2 Å². The molecule has 1 amide bonds. The van der Waals surface area contributed by atoms with Crippen molar-refractivity contribution in [3.63, 3.8) is 0 Å². The van der Waals surface area contributed by atoms with E-state index in [1.165, 1.54) is 12.3 Å². The molecule has 0 spiro atoms. The van der Waals surface area contributed by atoms with Gasteiger partial charge in [0, 0.05) is 39.3 Å². The zero-order valence-electron chi connectivity index (χ0n) is 25.2. The van der Waals surface area contributed by atoms with Gasteiger partial charge >= 0.3 is 0 Å². The zero-order valence-corrected chi connectivity index (χ0v) is 25.9. The highest BCUT2D eigenvalue weighted by atomic mass is 35.5. The Morgan fingerprint density at radius 3 is 2.56 bits per heavy atom. The van der Waals surface area contributed by atoms with E-state index in [2.05, 4.69) is 42.7 Å². The van der Waals surface area contributed by atoms with Crippen molar-refractivity contribution in [1.82, 2.24) is 20.2 Å². The summed E-state index contributed by atoms with van der Waals surface area (Å²) in [5.74, 6) is 1.46. The Hall–Kier alpha value is -4.10. The average molecular weight is 611 g/mol. The van der Waals surface area contributed by atoms with E-state index in [1.54, 1.807) is 20.3 Å². The van der Waals surface area contributed by atoms with Crippen molar-refractivity contribution in [2.24, 2.45) is 0 Å². The van der Waals surface area contributed by atoms with Gasteiger partial charge in [0.25, 0.3) is 0 Å². The van der Waals surface area contributed by atoms with Crippen LogP contribution in [0.2, 0.25) is 5.02 Å². The molecule has 1 aromatic heterocycles. The number of carbonyl (C=O) groups excluding carboxylic acids is 1. The second kappa shape index (κ2) is 14.9. The molecule has 12 nitrogen and oxygen atoms in total. The molecule has 43 heavy (non-hydrogen) atoms. The average Bonchev–Trinajstić information content (AvgIpc) is 3.02. The third-order valence-corrected chi connectivity index (χ3v) is 7.10. The first-order valence-electron chi connectivity index (χ1n) is 13.8. The maximum Gasteiger partial charge on any atom is 0.247 e. The summed E-state index contributed by atoms with van der Waals surface area (Å²) in [5, 5.41) is 13.0. The molecule has 0 bridgehead atoms. The van der Waals surface area contributed by atoms with Crippen molar-refractivity contribution in [3.8, 4) is 11.5 Å². The molecule has 3 aromatic rings. The van der Waals surface area contributed by atoms with Crippen LogP contribution in [0.15, 0.2) is 49.2 Å². The van der Waals surface area contributed by atoms with E-state index < -0.39 is 0 Å². The molecule has 0 radical (unpaired) electrons. The summed E-state index contributed by atoms with van der Waals surface area (Å²) in [5.41, 5.74) is 3.59.